The lowest BCUT2D eigenvalue weighted by molar-refractivity contribution is -0.236. The third-order valence-corrected chi connectivity index (χ3v) is 4.59. The van der Waals surface area contributed by atoms with Crippen LogP contribution in [-0.4, -0.2) is 25.9 Å². The van der Waals surface area contributed by atoms with E-state index in [-0.39, 0.29) is 11.8 Å². The number of benzene rings is 1. The average molecular weight is 246 g/mol. The van der Waals surface area contributed by atoms with Gasteiger partial charge < -0.3 is 15.2 Å². The average Bonchev–Trinajstić information content (AvgIpc) is 2.86. The third-order valence-electron chi connectivity index (χ3n) is 4.59. The highest BCUT2D eigenvalue weighted by atomic mass is 16.7. The van der Waals surface area contributed by atoms with Gasteiger partial charge in [-0.15, -0.1) is 0 Å². The summed E-state index contributed by atoms with van der Waals surface area (Å²) >= 11 is 0. The van der Waals surface area contributed by atoms with Crippen LogP contribution in [-0.2, 0) is 19.7 Å². The van der Waals surface area contributed by atoms with Crippen molar-refractivity contribution in [3.8, 4) is 0 Å². The van der Waals surface area contributed by atoms with E-state index in [0.717, 1.165) is 17.5 Å². The van der Waals surface area contributed by atoms with Crippen molar-refractivity contribution in [3.05, 3.63) is 35.4 Å². The molecule has 2 N–H and O–H groups in total. The van der Waals surface area contributed by atoms with E-state index in [1.54, 1.807) is 14.2 Å². The Bertz CT molecular complexity index is 510. The molecule has 4 nitrogen and oxygen atoms in total. The van der Waals surface area contributed by atoms with Gasteiger partial charge in [-0.05, 0) is 30.0 Å². The van der Waals surface area contributed by atoms with Gasteiger partial charge in [0, 0.05) is 20.1 Å². The van der Waals surface area contributed by atoms with Crippen molar-refractivity contribution in [2.45, 2.75) is 30.0 Å². The van der Waals surface area contributed by atoms with Gasteiger partial charge in [-0.2, -0.15) is 0 Å². The van der Waals surface area contributed by atoms with Crippen molar-refractivity contribution in [1.29, 1.82) is 0 Å². The van der Waals surface area contributed by atoms with E-state index in [0.29, 0.717) is 6.42 Å². The maximum Gasteiger partial charge on any atom is 0.233 e. The van der Waals surface area contributed by atoms with Gasteiger partial charge in [-0.3, -0.25) is 4.79 Å². The number of fused-ring (bicyclic) bond motifs is 5. The number of hydrogen-bond acceptors (Lipinski definition) is 3. The maximum atomic E-state index is 12.1. The summed E-state index contributed by atoms with van der Waals surface area (Å²) in [5.41, 5.74) is 6.74. The van der Waals surface area contributed by atoms with Crippen LogP contribution in [0.25, 0.3) is 0 Å². The minimum absolute atomic E-state index is 0.0243. The van der Waals surface area contributed by atoms with E-state index in [2.05, 4.69) is 6.07 Å². The lowest BCUT2D eigenvalue weighted by Gasteiger charge is -2.39. The van der Waals surface area contributed by atoms with Crippen molar-refractivity contribution >= 4 is 5.91 Å². The Hall–Kier alpha value is -1.39. The zero-order valence-electron chi connectivity index (χ0n) is 10.5. The fraction of sp³-hybridized carbons (Fsp3) is 0.500. The molecule has 0 aliphatic heterocycles. The van der Waals surface area contributed by atoms with E-state index < -0.39 is 11.2 Å². The molecular weight excluding hydrogens is 230 g/mol. The quantitative estimate of drug-likeness (QED) is 0.812. The van der Waals surface area contributed by atoms with Crippen molar-refractivity contribution in [2.75, 3.05) is 14.2 Å². The van der Waals surface area contributed by atoms with Crippen LogP contribution in [0, 0.1) is 6.07 Å². The second-order valence-corrected chi connectivity index (χ2v) is 4.93. The lowest BCUT2D eigenvalue weighted by atomic mass is 9.76. The normalized spacial score (nSPS) is 31.3. The lowest BCUT2D eigenvalue weighted by Crippen LogP contribution is -2.56. The number of rotatable bonds is 3. The summed E-state index contributed by atoms with van der Waals surface area (Å²) in [5.74, 6) is -1.33. The zero-order valence-corrected chi connectivity index (χ0v) is 10.5. The molecule has 1 aromatic carbocycles. The van der Waals surface area contributed by atoms with E-state index in [1.165, 1.54) is 0 Å². The number of amides is 1. The second-order valence-electron chi connectivity index (χ2n) is 4.93. The van der Waals surface area contributed by atoms with Crippen LogP contribution >= 0.6 is 0 Å². The highest BCUT2D eigenvalue weighted by Crippen LogP contribution is 2.64. The maximum absolute atomic E-state index is 12.1. The molecule has 3 rings (SSSR count). The van der Waals surface area contributed by atoms with E-state index in [9.17, 15) is 4.79 Å². The van der Waals surface area contributed by atoms with E-state index in [1.807, 2.05) is 18.2 Å². The number of ether oxygens (including phenoxy) is 2. The fourth-order valence-electron chi connectivity index (χ4n) is 3.93. The molecule has 0 heterocycles. The molecule has 1 aromatic rings. The van der Waals surface area contributed by atoms with Gasteiger partial charge in [0.25, 0.3) is 0 Å². The molecule has 2 bridgehead atoms. The number of carbonyl (C=O) groups is 1. The molecule has 1 saturated carbocycles. The summed E-state index contributed by atoms with van der Waals surface area (Å²) in [6.07, 6.45) is 1.50. The summed E-state index contributed by atoms with van der Waals surface area (Å²) < 4.78 is 11.3. The van der Waals surface area contributed by atoms with Crippen LogP contribution in [0.4, 0.5) is 0 Å². The molecular formula is C14H16NO3. The summed E-state index contributed by atoms with van der Waals surface area (Å²) in [6.45, 7) is 0. The van der Waals surface area contributed by atoms with Gasteiger partial charge in [-0.25, -0.2) is 0 Å². The van der Waals surface area contributed by atoms with Gasteiger partial charge in [0.05, 0.1) is 0 Å². The smallest absolute Gasteiger partial charge is 0.233 e. The molecule has 0 aromatic heterocycles. The summed E-state index contributed by atoms with van der Waals surface area (Å²) in [5, 5.41) is 0. The van der Waals surface area contributed by atoms with Gasteiger partial charge in [0.2, 0.25) is 5.91 Å². The Balaban J connectivity index is 2.32. The summed E-state index contributed by atoms with van der Waals surface area (Å²) in [6, 6.07) is 8.88. The Kier molecular flexibility index (Phi) is 2.31. The standard InChI is InChI=1S/C14H16NO3/c1-17-14(18-2)11-7-8-13(14,12(15)16)10-6-4-3-5-9(10)11/h3-4,6,11H,7-8H2,1-2H3,(H2,15,16). The van der Waals surface area contributed by atoms with Crippen LogP contribution in [0.5, 0.6) is 0 Å². The van der Waals surface area contributed by atoms with Crippen molar-refractivity contribution in [1.82, 2.24) is 0 Å². The summed E-state index contributed by atoms with van der Waals surface area (Å²) in [4.78, 5) is 12.1. The largest absolute Gasteiger partial charge is 0.369 e. The highest BCUT2D eigenvalue weighted by Gasteiger charge is 2.71. The van der Waals surface area contributed by atoms with Crippen LogP contribution in [0.3, 0.4) is 0 Å². The molecule has 1 amide bonds. The van der Waals surface area contributed by atoms with Crippen LogP contribution in [0.1, 0.15) is 29.9 Å². The molecule has 2 atom stereocenters. The number of hydrogen-bond donors (Lipinski definition) is 1. The van der Waals surface area contributed by atoms with Crippen molar-refractivity contribution < 1.29 is 14.3 Å². The molecule has 0 saturated heterocycles. The van der Waals surface area contributed by atoms with E-state index in [4.69, 9.17) is 15.2 Å². The molecule has 1 fully saturated rings. The van der Waals surface area contributed by atoms with Crippen molar-refractivity contribution in [2.24, 2.45) is 5.73 Å². The minimum atomic E-state index is -0.973. The van der Waals surface area contributed by atoms with Crippen LogP contribution < -0.4 is 5.73 Å². The molecule has 95 valence electrons. The monoisotopic (exact) mass is 246 g/mol. The minimum Gasteiger partial charge on any atom is -0.369 e. The molecule has 1 radical (unpaired) electrons. The van der Waals surface area contributed by atoms with Crippen LogP contribution in [0.2, 0.25) is 0 Å². The first-order chi connectivity index (χ1) is 8.64. The Morgan fingerprint density at radius 2 is 2.22 bits per heavy atom. The molecule has 2 aliphatic carbocycles. The highest BCUT2D eigenvalue weighted by molar-refractivity contribution is 5.91. The first kappa shape index (κ1) is 11.7. The number of carbonyl (C=O) groups excluding carboxylic acids is 1. The Morgan fingerprint density at radius 1 is 1.50 bits per heavy atom. The Labute approximate surface area is 106 Å². The van der Waals surface area contributed by atoms with Gasteiger partial charge >= 0.3 is 0 Å². The summed E-state index contributed by atoms with van der Waals surface area (Å²) in [7, 11) is 3.15. The predicted molar refractivity (Wildman–Crippen MR) is 64.9 cm³/mol. The van der Waals surface area contributed by atoms with Gasteiger partial charge in [-0.1, -0.05) is 18.2 Å². The number of primary amides is 1. The van der Waals surface area contributed by atoms with Crippen molar-refractivity contribution in [3.63, 3.8) is 0 Å². The topological polar surface area (TPSA) is 61.6 Å². The molecule has 4 heteroatoms. The first-order valence-corrected chi connectivity index (χ1v) is 6.05. The van der Waals surface area contributed by atoms with Gasteiger partial charge in [0.15, 0.2) is 5.79 Å². The number of nitrogens with two attached hydrogens (primary N) is 1. The first-order valence-electron chi connectivity index (χ1n) is 6.05. The molecule has 2 unspecified atom stereocenters. The Morgan fingerprint density at radius 3 is 2.83 bits per heavy atom. The molecule has 0 spiro atoms. The van der Waals surface area contributed by atoms with Crippen LogP contribution in [0.15, 0.2) is 18.2 Å². The molecule has 18 heavy (non-hydrogen) atoms. The fourth-order valence-corrected chi connectivity index (χ4v) is 3.93. The third kappa shape index (κ3) is 0.978. The second kappa shape index (κ2) is 3.56. The van der Waals surface area contributed by atoms with Gasteiger partial charge in [0.1, 0.15) is 5.41 Å². The molecule has 2 aliphatic rings. The van der Waals surface area contributed by atoms with E-state index >= 15 is 0 Å². The number of methoxy groups -OCH3 is 2. The predicted octanol–water partition coefficient (Wildman–Crippen LogP) is 1.09. The zero-order chi connectivity index (χ0) is 13.0. The SMILES string of the molecule is COC1(OC)C2CCC1(C(N)=O)c1ccc[c]c12.